The van der Waals surface area contributed by atoms with Crippen LogP contribution in [0.3, 0.4) is 0 Å². The molecule has 4 nitrogen and oxygen atoms in total. The van der Waals surface area contributed by atoms with Gasteiger partial charge in [-0.3, -0.25) is 14.3 Å². The normalized spacial score (nSPS) is 18.8. The van der Waals surface area contributed by atoms with Gasteiger partial charge in [0.25, 0.3) is 5.56 Å². The van der Waals surface area contributed by atoms with Crippen LogP contribution in [0.5, 0.6) is 0 Å². The van der Waals surface area contributed by atoms with E-state index in [-0.39, 0.29) is 10.9 Å². The minimum Gasteiger partial charge on any atom is -0.291 e. The maximum atomic E-state index is 12.8. The van der Waals surface area contributed by atoms with Crippen LogP contribution < -0.4 is 11.2 Å². The molecule has 1 aliphatic rings. The molecule has 2 heterocycles. The smallest absolute Gasteiger partial charge is 0.291 e. The van der Waals surface area contributed by atoms with Crippen molar-refractivity contribution in [3.63, 3.8) is 0 Å². The molecule has 0 bridgehead atoms. The number of aromatic nitrogens is 2. The van der Waals surface area contributed by atoms with Crippen LogP contribution in [0.4, 0.5) is 13.2 Å². The molecule has 3 rings (SSSR count). The minimum absolute atomic E-state index is 0.227. The zero-order chi connectivity index (χ0) is 13.8. The molecule has 0 radical (unpaired) electrons. The summed E-state index contributed by atoms with van der Waals surface area (Å²) in [6, 6.07) is 4.48. The Bertz CT molecular complexity index is 778. The molecule has 1 atom stereocenters. The zero-order valence-corrected chi connectivity index (χ0v) is 10.1. The van der Waals surface area contributed by atoms with E-state index in [0.29, 0.717) is 16.7 Å². The summed E-state index contributed by atoms with van der Waals surface area (Å²) in [6.45, 7) is -0.489. The predicted molar refractivity (Wildman–Crippen MR) is 64.5 cm³/mol. The molecular weight excluding hydrogens is 281 g/mol. The number of halogens is 3. The summed E-state index contributed by atoms with van der Waals surface area (Å²) in [5, 5.41) is -1.46. The van der Waals surface area contributed by atoms with E-state index < -0.39 is 29.2 Å². The first-order chi connectivity index (χ1) is 8.88. The lowest BCUT2D eigenvalue weighted by molar-refractivity contribution is -0.131. The molecule has 1 aliphatic heterocycles. The van der Waals surface area contributed by atoms with E-state index in [1.165, 1.54) is 18.2 Å². The number of benzene rings is 1. The molecule has 0 saturated carbocycles. The summed E-state index contributed by atoms with van der Waals surface area (Å²) in [7, 11) is 0. The van der Waals surface area contributed by atoms with Crippen molar-refractivity contribution in [2.24, 2.45) is 0 Å². The van der Waals surface area contributed by atoms with E-state index in [1.54, 1.807) is 0 Å². The summed E-state index contributed by atoms with van der Waals surface area (Å²) >= 11 is 0.636. The van der Waals surface area contributed by atoms with Crippen LogP contribution in [-0.2, 0) is 6.54 Å². The molecule has 2 aromatic rings. The highest BCUT2D eigenvalue weighted by molar-refractivity contribution is 8.00. The summed E-state index contributed by atoms with van der Waals surface area (Å²) in [5.41, 5.74) is -1.11. The van der Waals surface area contributed by atoms with Crippen LogP contribution in [0, 0.1) is 0 Å². The number of hydrogen-bond donors (Lipinski definition) is 1. The van der Waals surface area contributed by atoms with Gasteiger partial charge in [-0.15, -0.1) is 11.8 Å². The fourth-order valence-corrected chi connectivity index (χ4v) is 3.27. The van der Waals surface area contributed by atoms with Crippen molar-refractivity contribution in [2.45, 2.75) is 22.9 Å². The highest BCUT2D eigenvalue weighted by atomic mass is 32.2. The summed E-state index contributed by atoms with van der Waals surface area (Å²) in [6.07, 6.45) is -4.40. The number of hydrogen-bond acceptors (Lipinski definition) is 3. The largest absolute Gasteiger partial charge is 0.402 e. The molecule has 19 heavy (non-hydrogen) atoms. The monoisotopic (exact) mass is 288 g/mol. The predicted octanol–water partition coefficient (Wildman–Crippen LogP) is 1.73. The van der Waals surface area contributed by atoms with Crippen LogP contribution in [-0.4, -0.2) is 21.0 Å². The average molecular weight is 288 g/mol. The second kappa shape index (κ2) is 3.89. The summed E-state index contributed by atoms with van der Waals surface area (Å²) in [4.78, 5) is 25.6. The molecule has 8 heteroatoms. The third-order valence-electron chi connectivity index (χ3n) is 2.96. The first-order valence-electron chi connectivity index (χ1n) is 5.37. The Morgan fingerprint density at radius 3 is 2.74 bits per heavy atom. The molecular formula is C11H7F3N2O2S. The van der Waals surface area contributed by atoms with Crippen molar-refractivity contribution in [1.82, 2.24) is 9.55 Å². The van der Waals surface area contributed by atoms with Crippen LogP contribution in [0.15, 0.2) is 32.7 Å². The lowest BCUT2D eigenvalue weighted by Gasteiger charge is -2.26. The fourth-order valence-electron chi connectivity index (χ4n) is 2.11. The van der Waals surface area contributed by atoms with Crippen molar-refractivity contribution >= 4 is 22.7 Å². The second-order valence-corrected chi connectivity index (χ2v) is 5.41. The van der Waals surface area contributed by atoms with Gasteiger partial charge in [0.15, 0.2) is 0 Å². The maximum absolute atomic E-state index is 12.8. The van der Waals surface area contributed by atoms with Gasteiger partial charge < -0.3 is 0 Å². The maximum Gasteiger partial charge on any atom is 0.402 e. The molecule has 0 saturated heterocycles. The van der Waals surface area contributed by atoms with Gasteiger partial charge in [-0.2, -0.15) is 13.2 Å². The summed E-state index contributed by atoms with van der Waals surface area (Å²) in [5.74, 6) is 0. The lowest BCUT2D eigenvalue weighted by atomic mass is 10.2. The standard InChI is InChI=1S/C11H7F3N2O2S/c12-11(13,14)7-4-16-8-5(9(17)15-10(16)18)2-1-3-6(8)19-7/h1-3,7H,4H2,(H,15,17,18). The van der Waals surface area contributed by atoms with Gasteiger partial charge in [0.05, 0.1) is 10.9 Å². The highest BCUT2D eigenvalue weighted by Crippen LogP contribution is 2.41. The Hall–Kier alpha value is -1.70. The molecule has 0 spiro atoms. The van der Waals surface area contributed by atoms with Gasteiger partial charge in [0, 0.05) is 11.4 Å². The van der Waals surface area contributed by atoms with Crippen LogP contribution in [0.25, 0.3) is 10.9 Å². The Labute approximate surface area is 108 Å². The van der Waals surface area contributed by atoms with Crippen molar-refractivity contribution < 1.29 is 13.2 Å². The minimum atomic E-state index is -4.40. The highest BCUT2D eigenvalue weighted by Gasteiger charge is 2.43. The van der Waals surface area contributed by atoms with Gasteiger partial charge in [0.2, 0.25) is 0 Å². The molecule has 0 fully saturated rings. The number of para-hydroxylation sites is 1. The SMILES string of the molecule is O=c1[nH]c(=O)n2c3c(cccc13)SC(C(F)(F)F)C2. The van der Waals surface area contributed by atoms with Gasteiger partial charge >= 0.3 is 11.9 Å². The van der Waals surface area contributed by atoms with Gasteiger partial charge in [0.1, 0.15) is 5.25 Å². The summed E-state index contributed by atoms with van der Waals surface area (Å²) < 4.78 is 39.5. The number of nitrogens with zero attached hydrogens (tertiary/aromatic N) is 1. The molecule has 1 N–H and O–H groups in total. The van der Waals surface area contributed by atoms with E-state index >= 15 is 0 Å². The van der Waals surface area contributed by atoms with Crippen molar-refractivity contribution in [3.8, 4) is 0 Å². The van der Waals surface area contributed by atoms with Crippen LogP contribution >= 0.6 is 11.8 Å². The molecule has 100 valence electrons. The third-order valence-corrected chi connectivity index (χ3v) is 4.25. The molecule has 0 aliphatic carbocycles. The van der Waals surface area contributed by atoms with Gasteiger partial charge in [-0.25, -0.2) is 4.79 Å². The Morgan fingerprint density at radius 1 is 1.32 bits per heavy atom. The number of thioether (sulfide) groups is 1. The van der Waals surface area contributed by atoms with E-state index in [1.807, 2.05) is 4.98 Å². The van der Waals surface area contributed by atoms with Gasteiger partial charge in [-0.05, 0) is 12.1 Å². The topological polar surface area (TPSA) is 54.9 Å². The van der Waals surface area contributed by atoms with E-state index in [0.717, 1.165) is 4.57 Å². The molecule has 1 aromatic carbocycles. The third kappa shape index (κ3) is 1.86. The number of H-pyrrole nitrogens is 1. The fraction of sp³-hybridized carbons (Fsp3) is 0.273. The van der Waals surface area contributed by atoms with Crippen molar-refractivity contribution in [3.05, 3.63) is 39.0 Å². The number of nitrogens with one attached hydrogen (secondary N) is 1. The Balaban J connectivity index is 2.33. The lowest BCUT2D eigenvalue weighted by Crippen LogP contribution is -2.40. The van der Waals surface area contributed by atoms with E-state index in [9.17, 15) is 22.8 Å². The van der Waals surface area contributed by atoms with Crippen LogP contribution in [0.1, 0.15) is 0 Å². The Morgan fingerprint density at radius 2 is 2.05 bits per heavy atom. The second-order valence-electron chi connectivity index (χ2n) is 4.17. The number of rotatable bonds is 0. The molecule has 1 unspecified atom stereocenters. The number of alkyl halides is 3. The zero-order valence-electron chi connectivity index (χ0n) is 9.32. The Kier molecular flexibility index (Phi) is 2.53. The van der Waals surface area contributed by atoms with E-state index in [2.05, 4.69) is 0 Å². The first-order valence-corrected chi connectivity index (χ1v) is 6.25. The van der Waals surface area contributed by atoms with Crippen molar-refractivity contribution in [1.29, 1.82) is 0 Å². The van der Waals surface area contributed by atoms with E-state index in [4.69, 9.17) is 0 Å². The van der Waals surface area contributed by atoms with Gasteiger partial charge in [-0.1, -0.05) is 6.07 Å². The molecule has 1 aromatic heterocycles. The molecule has 0 amide bonds. The quantitative estimate of drug-likeness (QED) is 0.803. The van der Waals surface area contributed by atoms with Crippen LogP contribution in [0.2, 0.25) is 0 Å². The van der Waals surface area contributed by atoms with Crippen molar-refractivity contribution in [2.75, 3.05) is 0 Å². The first kappa shape index (κ1) is 12.3. The number of aromatic amines is 1. The average Bonchev–Trinajstić information content (AvgIpc) is 2.34.